The lowest BCUT2D eigenvalue weighted by atomic mass is 10.1. The van der Waals surface area contributed by atoms with E-state index in [1.165, 1.54) is 17.5 Å². The average molecular weight is 312 g/mol. The molecule has 21 heavy (non-hydrogen) atoms. The molecule has 1 aromatic carbocycles. The first-order valence-electron chi connectivity index (χ1n) is 6.83. The lowest BCUT2D eigenvalue weighted by molar-refractivity contribution is -0.146. The van der Waals surface area contributed by atoms with E-state index in [1.54, 1.807) is 12.1 Å². The molecule has 0 aromatic heterocycles. The number of anilines is 1. The van der Waals surface area contributed by atoms with Crippen molar-refractivity contribution in [2.24, 2.45) is 0 Å². The Morgan fingerprint density at radius 3 is 2.71 bits per heavy atom. The molecule has 1 saturated heterocycles. The van der Waals surface area contributed by atoms with Crippen LogP contribution >= 0.6 is 0 Å². The van der Waals surface area contributed by atoms with E-state index in [1.807, 2.05) is 6.92 Å². The highest BCUT2D eigenvalue weighted by molar-refractivity contribution is 7.89. The summed E-state index contributed by atoms with van der Waals surface area (Å²) in [4.78, 5) is 11.9. The minimum Gasteiger partial charge on any atom is -0.468 e. The van der Waals surface area contributed by atoms with Gasteiger partial charge in [-0.05, 0) is 43.9 Å². The number of methoxy groups -OCH3 is 1. The van der Waals surface area contributed by atoms with Crippen LogP contribution < -0.4 is 5.73 Å². The summed E-state index contributed by atoms with van der Waals surface area (Å²) in [5.41, 5.74) is 6.93. The maximum absolute atomic E-state index is 12.8. The average Bonchev–Trinajstić information content (AvgIpc) is 2.46. The van der Waals surface area contributed by atoms with Crippen molar-refractivity contribution in [3.05, 3.63) is 23.8 Å². The number of carbonyl (C=O) groups is 1. The van der Waals surface area contributed by atoms with Crippen LogP contribution in [0.2, 0.25) is 0 Å². The maximum Gasteiger partial charge on any atom is 0.324 e. The highest BCUT2D eigenvalue weighted by atomic mass is 32.2. The first-order chi connectivity index (χ1) is 9.87. The van der Waals surface area contributed by atoms with Gasteiger partial charge in [0.15, 0.2) is 0 Å². The molecule has 7 heteroatoms. The number of carbonyl (C=O) groups excluding carboxylic acids is 1. The van der Waals surface area contributed by atoms with Crippen molar-refractivity contribution < 1.29 is 17.9 Å². The lowest BCUT2D eigenvalue weighted by Crippen LogP contribution is -2.48. The van der Waals surface area contributed by atoms with Gasteiger partial charge in [0.1, 0.15) is 10.9 Å². The second-order valence-electron chi connectivity index (χ2n) is 5.19. The van der Waals surface area contributed by atoms with Crippen molar-refractivity contribution in [3.8, 4) is 0 Å². The third-order valence-electron chi connectivity index (χ3n) is 3.68. The summed E-state index contributed by atoms with van der Waals surface area (Å²) in [6.45, 7) is 2.14. The summed E-state index contributed by atoms with van der Waals surface area (Å²) in [5, 5.41) is 0. The molecule has 0 bridgehead atoms. The lowest BCUT2D eigenvalue weighted by Gasteiger charge is -2.32. The van der Waals surface area contributed by atoms with Crippen molar-refractivity contribution >= 4 is 21.7 Å². The molecule has 1 fully saturated rings. The van der Waals surface area contributed by atoms with E-state index in [2.05, 4.69) is 0 Å². The SMILES string of the molecule is COC(=O)C1CCCCN1S(=O)(=O)c1ccc(C)cc1N. The molecule has 0 saturated carbocycles. The van der Waals surface area contributed by atoms with Crippen LogP contribution in [0.25, 0.3) is 0 Å². The van der Waals surface area contributed by atoms with Gasteiger partial charge < -0.3 is 10.5 Å². The number of nitrogens with zero attached hydrogens (tertiary/aromatic N) is 1. The number of rotatable bonds is 3. The molecule has 1 unspecified atom stereocenters. The fourth-order valence-electron chi connectivity index (χ4n) is 2.59. The fraction of sp³-hybridized carbons (Fsp3) is 0.500. The summed E-state index contributed by atoms with van der Waals surface area (Å²) in [6, 6.07) is 4.03. The third-order valence-corrected chi connectivity index (χ3v) is 5.66. The molecule has 0 radical (unpaired) electrons. The Balaban J connectivity index is 2.43. The minimum absolute atomic E-state index is 0.0453. The van der Waals surface area contributed by atoms with E-state index in [9.17, 15) is 13.2 Å². The molecule has 0 spiro atoms. The number of benzene rings is 1. The van der Waals surface area contributed by atoms with Gasteiger partial charge in [-0.15, -0.1) is 0 Å². The van der Waals surface area contributed by atoms with Crippen LogP contribution in [0.15, 0.2) is 23.1 Å². The zero-order valence-electron chi connectivity index (χ0n) is 12.2. The van der Waals surface area contributed by atoms with Crippen LogP contribution in [-0.4, -0.2) is 38.4 Å². The van der Waals surface area contributed by atoms with E-state index >= 15 is 0 Å². The van der Waals surface area contributed by atoms with Crippen molar-refractivity contribution in [2.75, 3.05) is 19.4 Å². The molecular weight excluding hydrogens is 292 g/mol. The number of ether oxygens (including phenoxy) is 1. The van der Waals surface area contributed by atoms with Gasteiger partial charge in [-0.1, -0.05) is 6.07 Å². The van der Waals surface area contributed by atoms with Crippen LogP contribution in [0, 0.1) is 6.92 Å². The standard InChI is InChI=1S/C14H20N2O4S/c1-10-6-7-13(11(15)9-10)21(18,19)16-8-4-3-5-12(16)14(17)20-2/h6-7,9,12H,3-5,8,15H2,1-2H3. The summed E-state index contributed by atoms with van der Waals surface area (Å²) >= 11 is 0. The predicted molar refractivity (Wildman–Crippen MR) is 79.1 cm³/mol. The Morgan fingerprint density at radius 2 is 2.10 bits per heavy atom. The van der Waals surface area contributed by atoms with Crippen molar-refractivity contribution in [3.63, 3.8) is 0 Å². The Hall–Kier alpha value is -1.60. The van der Waals surface area contributed by atoms with Gasteiger partial charge in [-0.3, -0.25) is 4.79 Å². The Labute approximate surface area is 124 Å². The molecule has 2 N–H and O–H groups in total. The van der Waals surface area contributed by atoms with E-state index < -0.39 is 22.0 Å². The van der Waals surface area contributed by atoms with Crippen LogP contribution in [-0.2, 0) is 19.6 Å². The van der Waals surface area contributed by atoms with Crippen molar-refractivity contribution in [1.82, 2.24) is 4.31 Å². The van der Waals surface area contributed by atoms with Gasteiger partial charge in [-0.25, -0.2) is 8.42 Å². The van der Waals surface area contributed by atoms with Gasteiger partial charge >= 0.3 is 5.97 Å². The highest BCUT2D eigenvalue weighted by Gasteiger charge is 2.38. The zero-order valence-corrected chi connectivity index (χ0v) is 13.0. The zero-order chi connectivity index (χ0) is 15.6. The Kier molecular flexibility index (Phi) is 4.53. The summed E-state index contributed by atoms with van der Waals surface area (Å²) in [7, 11) is -2.54. The second-order valence-corrected chi connectivity index (χ2v) is 7.05. The third kappa shape index (κ3) is 3.03. The van der Waals surface area contributed by atoms with Crippen LogP contribution in [0.3, 0.4) is 0 Å². The van der Waals surface area contributed by atoms with Crippen LogP contribution in [0.5, 0.6) is 0 Å². The van der Waals surface area contributed by atoms with E-state index in [0.29, 0.717) is 13.0 Å². The number of sulfonamides is 1. The van der Waals surface area contributed by atoms with E-state index in [4.69, 9.17) is 10.5 Å². The molecule has 1 aliphatic rings. The van der Waals surface area contributed by atoms with Gasteiger partial charge in [0.2, 0.25) is 10.0 Å². The van der Waals surface area contributed by atoms with Crippen molar-refractivity contribution in [1.29, 1.82) is 0 Å². The first kappa shape index (κ1) is 15.8. The Bertz CT molecular complexity index is 642. The summed E-state index contributed by atoms with van der Waals surface area (Å²) in [5.74, 6) is -0.524. The van der Waals surface area contributed by atoms with Gasteiger partial charge in [-0.2, -0.15) is 4.31 Å². The molecule has 116 valence electrons. The van der Waals surface area contributed by atoms with Gasteiger partial charge in [0, 0.05) is 6.54 Å². The smallest absolute Gasteiger partial charge is 0.324 e. The minimum atomic E-state index is -3.81. The number of esters is 1. The van der Waals surface area contributed by atoms with Gasteiger partial charge in [0.05, 0.1) is 12.8 Å². The number of nitrogens with two attached hydrogens (primary N) is 1. The number of hydrogen-bond donors (Lipinski definition) is 1. The number of nitrogen functional groups attached to an aromatic ring is 1. The molecule has 1 aliphatic heterocycles. The molecule has 2 rings (SSSR count). The fourth-order valence-corrected chi connectivity index (χ4v) is 4.34. The molecule has 6 nitrogen and oxygen atoms in total. The van der Waals surface area contributed by atoms with Crippen LogP contribution in [0.1, 0.15) is 24.8 Å². The Morgan fingerprint density at radius 1 is 1.38 bits per heavy atom. The molecule has 0 aliphatic carbocycles. The number of hydrogen-bond acceptors (Lipinski definition) is 5. The monoisotopic (exact) mass is 312 g/mol. The number of aryl methyl sites for hydroxylation is 1. The normalized spacial score (nSPS) is 20.2. The van der Waals surface area contributed by atoms with Gasteiger partial charge in [0.25, 0.3) is 0 Å². The first-order valence-corrected chi connectivity index (χ1v) is 8.27. The maximum atomic E-state index is 12.8. The van der Waals surface area contributed by atoms with E-state index in [-0.39, 0.29) is 10.6 Å². The van der Waals surface area contributed by atoms with Crippen LogP contribution in [0.4, 0.5) is 5.69 Å². The molecule has 1 heterocycles. The van der Waals surface area contributed by atoms with E-state index in [0.717, 1.165) is 18.4 Å². The topological polar surface area (TPSA) is 89.7 Å². The number of piperidine rings is 1. The molecule has 1 atom stereocenters. The second kappa shape index (κ2) is 6.03. The predicted octanol–water partition coefficient (Wildman–Crippen LogP) is 1.29. The highest BCUT2D eigenvalue weighted by Crippen LogP contribution is 2.29. The molecule has 0 amide bonds. The summed E-state index contributed by atoms with van der Waals surface area (Å²) < 4.78 is 31.5. The summed E-state index contributed by atoms with van der Waals surface area (Å²) in [6.07, 6.45) is 1.99. The largest absolute Gasteiger partial charge is 0.468 e. The quantitative estimate of drug-likeness (QED) is 0.671. The molecule has 1 aromatic rings. The molecular formula is C14H20N2O4S. The van der Waals surface area contributed by atoms with Crippen molar-refractivity contribution in [2.45, 2.75) is 37.1 Å².